The Hall–Kier alpha value is -0.690. The molecular formula is C10H13ClFNO3S. The van der Waals surface area contributed by atoms with Crippen LogP contribution in [0.25, 0.3) is 0 Å². The lowest BCUT2D eigenvalue weighted by Gasteiger charge is -2.11. The van der Waals surface area contributed by atoms with Crippen molar-refractivity contribution in [3.63, 3.8) is 0 Å². The van der Waals surface area contributed by atoms with Crippen molar-refractivity contribution in [2.45, 2.75) is 17.9 Å². The summed E-state index contributed by atoms with van der Waals surface area (Å²) in [5, 5.41) is 0.145. The van der Waals surface area contributed by atoms with E-state index in [0.29, 0.717) is 0 Å². The van der Waals surface area contributed by atoms with Gasteiger partial charge in [-0.1, -0.05) is 11.6 Å². The molecule has 1 aromatic carbocycles. The Morgan fingerprint density at radius 2 is 2.18 bits per heavy atom. The van der Waals surface area contributed by atoms with Gasteiger partial charge >= 0.3 is 0 Å². The van der Waals surface area contributed by atoms with Crippen LogP contribution in [0.2, 0.25) is 5.02 Å². The number of methoxy groups -OCH3 is 1. The van der Waals surface area contributed by atoms with E-state index in [0.717, 1.165) is 12.1 Å². The predicted octanol–water partition coefficient (Wildman–Crippen LogP) is 1.79. The van der Waals surface area contributed by atoms with Crippen LogP contribution >= 0.6 is 11.6 Å². The van der Waals surface area contributed by atoms with E-state index in [-0.39, 0.29) is 17.7 Å². The second-order valence-electron chi connectivity index (χ2n) is 3.47. The largest absolute Gasteiger partial charge is 0.380 e. The Bertz CT molecular complexity index is 492. The summed E-state index contributed by atoms with van der Waals surface area (Å²) in [4.78, 5) is -0.426. The SMILES string of the molecule is COC(C)CNS(=O)(=O)c1ccc(Cl)cc1F. The summed E-state index contributed by atoms with van der Waals surface area (Å²) in [5.74, 6) is -0.880. The highest BCUT2D eigenvalue weighted by molar-refractivity contribution is 7.89. The molecule has 96 valence electrons. The molecule has 17 heavy (non-hydrogen) atoms. The van der Waals surface area contributed by atoms with Crippen LogP contribution in [-0.4, -0.2) is 28.2 Å². The average Bonchev–Trinajstić information content (AvgIpc) is 2.25. The predicted molar refractivity (Wildman–Crippen MR) is 63.1 cm³/mol. The second-order valence-corrected chi connectivity index (χ2v) is 5.64. The van der Waals surface area contributed by atoms with Gasteiger partial charge in [-0.25, -0.2) is 17.5 Å². The molecule has 0 aliphatic heterocycles. The fourth-order valence-electron chi connectivity index (χ4n) is 1.08. The van der Waals surface area contributed by atoms with Gasteiger partial charge < -0.3 is 4.74 Å². The van der Waals surface area contributed by atoms with Gasteiger partial charge in [0, 0.05) is 18.7 Å². The molecule has 0 heterocycles. The van der Waals surface area contributed by atoms with Crippen LogP contribution in [0.1, 0.15) is 6.92 Å². The lowest BCUT2D eigenvalue weighted by atomic mass is 10.3. The standard InChI is InChI=1S/C10H13ClFNO3S/c1-7(16-2)6-13-17(14,15)10-4-3-8(11)5-9(10)12/h3-5,7,13H,6H2,1-2H3. The highest BCUT2D eigenvalue weighted by atomic mass is 35.5. The Morgan fingerprint density at radius 1 is 1.53 bits per heavy atom. The Morgan fingerprint density at radius 3 is 2.71 bits per heavy atom. The molecule has 4 nitrogen and oxygen atoms in total. The van der Waals surface area contributed by atoms with Gasteiger partial charge in [-0.15, -0.1) is 0 Å². The molecule has 0 saturated carbocycles. The molecule has 7 heteroatoms. The third-order valence-electron chi connectivity index (χ3n) is 2.15. The number of nitrogens with one attached hydrogen (secondary N) is 1. The summed E-state index contributed by atoms with van der Waals surface area (Å²) in [7, 11) is -2.42. The maximum Gasteiger partial charge on any atom is 0.243 e. The summed E-state index contributed by atoms with van der Waals surface area (Å²) in [6.07, 6.45) is -0.292. The Kier molecular flexibility index (Phi) is 4.88. The maximum atomic E-state index is 13.4. The molecular weight excluding hydrogens is 269 g/mol. The Balaban J connectivity index is 2.90. The highest BCUT2D eigenvalue weighted by Crippen LogP contribution is 2.18. The van der Waals surface area contributed by atoms with Crippen molar-refractivity contribution in [1.82, 2.24) is 4.72 Å². The van der Waals surface area contributed by atoms with Gasteiger partial charge in [0.15, 0.2) is 0 Å². The van der Waals surface area contributed by atoms with Crippen molar-refractivity contribution in [3.05, 3.63) is 29.0 Å². The van der Waals surface area contributed by atoms with E-state index in [4.69, 9.17) is 16.3 Å². The lowest BCUT2D eigenvalue weighted by Crippen LogP contribution is -2.32. The van der Waals surface area contributed by atoms with Crippen LogP contribution in [0.3, 0.4) is 0 Å². The summed E-state index contributed by atoms with van der Waals surface area (Å²) >= 11 is 5.54. The normalized spacial score (nSPS) is 13.6. The zero-order chi connectivity index (χ0) is 13.1. The molecule has 0 fully saturated rings. The Labute approximate surface area is 105 Å². The van der Waals surface area contributed by atoms with Crippen molar-refractivity contribution >= 4 is 21.6 Å². The van der Waals surface area contributed by atoms with Gasteiger partial charge in [0.1, 0.15) is 10.7 Å². The van der Waals surface area contributed by atoms with Crippen LogP contribution in [0.5, 0.6) is 0 Å². The first-order valence-electron chi connectivity index (χ1n) is 4.84. The fourth-order valence-corrected chi connectivity index (χ4v) is 2.41. The molecule has 0 aliphatic rings. The number of hydrogen-bond acceptors (Lipinski definition) is 3. The molecule has 0 amide bonds. The number of hydrogen-bond donors (Lipinski definition) is 1. The minimum atomic E-state index is -3.88. The quantitative estimate of drug-likeness (QED) is 0.895. The van der Waals surface area contributed by atoms with Gasteiger partial charge in [0.05, 0.1) is 6.10 Å². The minimum absolute atomic E-state index is 0.0703. The smallest absolute Gasteiger partial charge is 0.243 e. The van der Waals surface area contributed by atoms with Crippen molar-refractivity contribution < 1.29 is 17.5 Å². The number of sulfonamides is 1. The topological polar surface area (TPSA) is 55.4 Å². The third kappa shape index (κ3) is 3.92. The molecule has 0 saturated heterocycles. The van der Waals surface area contributed by atoms with E-state index in [1.54, 1.807) is 6.92 Å². The minimum Gasteiger partial charge on any atom is -0.380 e. The summed E-state index contributed by atoms with van der Waals surface area (Å²) < 4.78 is 44.0. The number of benzene rings is 1. The van der Waals surface area contributed by atoms with Gasteiger partial charge in [0.2, 0.25) is 10.0 Å². The van der Waals surface area contributed by atoms with E-state index in [1.165, 1.54) is 13.2 Å². The van der Waals surface area contributed by atoms with Gasteiger partial charge in [-0.2, -0.15) is 0 Å². The summed E-state index contributed by atoms with van der Waals surface area (Å²) in [6.45, 7) is 1.77. The van der Waals surface area contributed by atoms with Crippen LogP contribution < -0.4 is 4.72 Å². The molecule has 1 N–H and O–H groups in total. The maximum absolute atomic E-state index is 13.4. The molecule has 1 rings (SSSR count). The van der Waals surface area contributed by atoms with Gasteiger partial charge in [-0.05, 0) is 25.1 Å². The lowest BCUT2D eigenvalue weighted by molar-refractivity contribution is 0.122. The van der Waals surface area contributed by atoms with E-state index in [1.807, 2.05) is 0 Å². The molecule has 1 unspecified atom stereocenters. The zero-order valence-corrected chi connectivity index (χ0v) is 11.0. The first kappa shape index (κ1) is 14.4. The van der Waals surface area contributed by atoms with Crippen molar-refractivity contribution in [3.8, 4) is 0 Å². The van der Waals surface area contributed by atoms with Gasteiger partial charge in [0.25, 0.3) is 0 Å². The monoisotopic (exact) mass is 281 g/mol. The molecule has 1 atom stereocenters. The van der Waals surface area contributed by atoms with Crippen LogP contribution in [0.15, 0.2) is 23.1 Å². The third-order valence-corrected chi connectivity index (χ3v) is 3.84. The van der Waals surface area contributed by atoms with Crippen molar-refractivity contribution in [2.75, 3.05) is 13.7 Å². The second kappa shape index (κ2) is 5.77. The fraction of sp³-hybridized carbons (Fsp3) is 0.400. The molecule has 0 radical (unpaired) electrons. The van der Waals surface area contributed by atoms with E-state index in [9.17, 15) is 12.8 Å². The zero-order valence-electron chi connectivity index (χ0n) is 9.41. The first-order chi connectivity index (χ1) is 7.86. The van der Waals surface area contributed by atoms with Gasteiger partial charge in [-0.3, -0.25) is 0 Å². The molecule has 1 aromatic rings. The number of halogens is 2. The number of ether oxygens (including phenoxy) is 1. The first-order valence-corrected chi connectivity index (χ1v) is 6.70. The van der Waals surface area contributed by atoms with E-state index < -0.39 is 20.7 Å². The average molecular weight is 282 g/mol. The molecule has 0 bridgehead atoms. The van der Waals surface area contributed by atoms with Crippen LogP contribution in [0.4, 0.5) is 4.39 Å². The van der Waals surface area contributed by atoms with E-state index in [2.05, 4.69) is 4.72 Å². The molecule has 0 spiro atoms. The summed E-state index contributed by atoms with van der Waals surface area (Å²) in [6, 6.07) is 3.40. The van der Waals surface area contributed by atoms with E-state index >= 15 is 0 Å². The summed E-state index contributed by atoms with van der Waals surface area (Å²) in [5.41, 5.74) is 0. The van der Waals surface area contributed by atoms with Crippen molar-refractivity contribution in [2.24, 2.45) is 0 Å². The molecule has 0 aromatic heterocycles. The van der Waals surface area contributed by atoms with Crippen LogP contribution in [-0.2, 0) is 14.8 Å². The van der Waals surface area contributed by atoms with Crippen LogP contribution in [0, 0.1) is 5.82 Å². The van der Waals surface area contributed by atoms with Crippen molar-refractivity contribution in [1.29, 1.82) is 0 Å². The number of rotatable bonds is 5. The highest BCUT2D eigenvalue weighted by Gasteiger charge is 2.19. The molecule has 0 aliphatic carbocycles.